The molecule has 30 heavy (non-hydrogen) atoms. The highest BCUT2D eigenvalue weighted by molar-refractivity contribution is 7.99. The molecule has 7 heteroatoms. The average molecular weight is 423 g/mol. The van der Waals surface area contributed by atoms with Gasteiger partial charge >= 0.3 is 0 Å². The van der Waals surface area contributed by atoms with Crippen molar-refractivity contribution >= 4 is 17.7 Å². The predicted molar refractivity (Wildman–Crippen MR) is 118 cm³/mol. The van der Waals surface area contributed by atoms with E-state index in [9.17, 15) is 0 Å². The standard InChI is InChI=1S/C23H23N5OS/c1-27-11-13-28(14-12-27)23-25-16-21(30-20-9-7-18(15-24)8-10-20)22(26-23)29-17-19-5-3-2-4-6-19/h2-10,16H,11-14,17H2,1H3/i2D,3D,4D,5D,6D. The first-order chi connectivity index (χ1) is 16.8. The SMILES string of the molecule is [2H]c1c([2H])c([2H])c(COc2nc(N3CCN(C)CC3)ncc2Sc2ccc(C#N)cc2)c([2H])c1[2H]. The lowest BCUT2D eigenvalue weighted by molar-refractivity contribution is 0.283. The molecule has 0 N–H and O–H groups in total. The maximum absolute atomic E-state index is 9.04. The van der Waals surface area contributed by atoms with Crippen LogP contribution in [0, 0.1) is 11.3 Å². The molecule has 0 spiro atoms. The lowest BCUT2D eigenvalue weighted by Gasteiger charge is -2.32. The molecule has 1 aliphatic heterocycles. The number of piperazine rings is 1. The van der Waals surface area contributed by atoms with E-state index < -0.39 is 18.1 Å². The van der Waals surface area contributed by atoms with Gasteiger partial charge in [0.05, 0.1) is 29.6 Å². The smallest absolute Gasteiger partial charge is 0.232 e. The number of ether oxygens (including phenoxy) is 1. The van der Waals surface area contributed by atoms with Gasteiger partial charge in [0.2, 0.25) is 11.8 Å². The number of rotatable bonds is 6. The molecule has 4 rings (SSSR count). The van der Waals surface area contributed by atoms with E-state index in [2.05, 4.69) is 32.9 Å². The highest BCUT2D eigenvalue weighted by Crippen LogP contribution is 2.35. The zero-order valence-electron chi connectivity index (χ0n) is 21.5. The van der Waals surface area contributed by atoms with Crippen molar-refractivity contribution in [1.29, 1.82) is 5.26 Å². The highest BCUT2D eigenvalue weighted by Gasteiger charge is 2.19. The van der Waals surface area contributed by atoms with Crippen LogP contribution in [0.25, 0.3) is 0 Å². The number of hydrogen-bond donors (Lipinski definition) is 0. The van der Waals surface area contributed by atoms with Crippen LogP contribution >= 0.6 is 11.8 Å². The van der Waals surface area contributed by atoms with E-state index in [0.717, 1.165) is 31.1 Å². The van der Waals surface area contributed by atoms with Crippen LogP contribution in [0.5, 0.6) is 5.88 Å². The van der Waals surface area contributed by atoms with E-state index in [0.29, 0.717) is 16.4 Å². The second kappa shape index (κ2) is 9.61. The molecule has 1 saturated heterocycles. The fourth-order valence-electron chi connectivity index (χ4n) is 2.89. The van der Waals surface area contributed by atoms with Gasteiger partial charge in [-0.2, -0.15) is 10.2 Å². The van der Waals surface area contributed by atoms with Crippen molar-refractivity contribution in [2.45, 2.75) is 16.4 Å². The lowest BCUT2D eigenvalue weighted by Crippen LogP contribution is -2.45. The maximum Gasteiger partial charge on any atom is 0.232 e. The third-order valence-electron chi connectivity index (χ3n) is 4.61. The second-order valence-electron chi connectivity index (χ2n) is 6.76. The molecule has 2 heterocycles. The van der Waals surface area contributed by atoms with E-state index >= 15 is 0 Å². The minimum atomic E-state index is -0.444. The number of anilines is 1. The Morgan fingerprint density at radius 3 is 2.57 bits per heavy atom. The van der Waals surface area contributed by atoms with Gasteiger partial charge in [0, 0.05) is 31.1 Å². The zero-order chi connectivity index (χ0) is 25.1. The van der Waals surface area contributed by atoms with Crippen molar-refractivity contribution in [2.24, 2.45) is 0 Å². The Bertz CT molecular complexity index is 1250. The third-order valence-corrected chi connectivity index (χ3v) is 5.62. The molecule has 0 saturated carbocycles. The fourth-order valence-corrected chi connectivity index (χ4v) is 3.72. The summed E-state index contributed by atoms with van der Waals surface area (Å²) in [4.78, 5) is 14.9. The van der Waals surface area contributed by atoms with Crippen LogP contribution in [0.2, 0.25) is 0 Å². The molecule has 2 aromatic carbocycles. The Kier molecular flexibility index (Phi) is 4.75. The summed E-state index contributed by atoms with van der Waals surface area (Å²) < 4.78 is 45.9. The number of aromatic nitrogens is 2. The van der Waals surface area contributed by atoms with Crippen LogP contribution in [-0.2, 0) is 6.61 Å². The van der Waals surface area contributed by atoms with Gasteiger partial charge in [0.25, 0.3) is 0 Å². The van der Waals surface area contributed by atoms with Gasteiger partial charge in [-0.25, -0.2) is 4.98 Å². The Hall–Kier alpha value is -3.08. The van der Waals surface area contributed by atoms with E-state index in [1.807, 2.05) is 12.1 Å². The first-order valence-electron chi connectivity index (χ1n) is 12.0. The van der Waals surface area contributed by atoms with Crippen LogP contribution in [0.1, 0.15) is 18.0 Å². The number of benzene rings is 2. The first-order valence-corrected chi connectivity index (χ1v) is 10.3. The number of nitriles is 1. The molecule has 0 radical (unpaired) electrons. The molecule has 0 bridgehead atoms. The van der Waals surface area contributed by atoms with Crippen LogP contribution in [0.15, 0.2) is 70.5 Å². The summed E-state index contributed by atoms with van der Waals surface area (Å²) in [7, 11) is 2.06. The van der Waals surface area contributed by atoms with Gasteiger partial charge in [0.1, 0.15) is 6.61 Å². The zero-order valence-corrected chi connectivity index (χ0v) is 17.3. The lowest BCUT2D eigenvalue weighted by atomic mass is 10.2. The predicted octanol–water partition coefficient (Wildman–Crippen LogP) is 3.83. The molecule has 3 aromatic rings. The minimum Gasteiger partial charge on any atom is -0.472 e. The Balaban J connectivity index is 1.65. The molecule has 0 atom stereocenters. The van der Waals surface area contributed by atoms with Gasteiger partial charge in [-0.15, -0.1) is 0 Å². The Morgan fingerprint density at radius 1 is 1.13 bits per heavy atom. The number of hydrogen-bond acceptors (Lipinski definition) is 7. The minimum absolute atomic E-state index is 0.0603. The van der Waals surface area contributed by atoms with Gasteiger partial charge in [-0.1, -0.05) is 42.0 Å². The van der Waals surface area contributed by atoms with Crippen LogP contribution in [0.4, 0.5) is 5.95 Å². The average Bonchev–Trinajstić information content (AvgIpc) is 2.88. The van der Waals surface area contributed by atoms with Gasteiger partial charge in [-0.05, 0) is 36.9 Å². The Morgan fingerprint density at radius 2 is 1.87 bits per heavy atom. The maximum atomic E-state index is 9.04. The normalized spacial score (nSPS) is 16.7. The second-order valence-corrected chi connectivity index (χ2v) is 7.88. The number of likely N-dealkylation sites (N-methyl/N-ethyl adjacent to an activating group) is 1. The summed E-state index contributed by atoms with van der Waals surface area (Å²) in [6.07, 6.45) is 1.67. The number of nitrogens with zero attached hydrogens (tertiary/aromatic N) is 5. The van der Waals surface area contributed by atoms with Crippen molar-refractivity contribution < 1.29 is 11.6 Å². The fraction of sp³-hybridized carbons (Fsp3) is 0.261. The molecule has 1 fully saturated rings. The van der Waals surface area contributed by atoms with E-state index in [1.54, 1.807) is 18.3 Å². The van der Waals surface area contributed by atoms with E-state index in [1.165, 1.54) is 11.8 Å². The van der Waals surface area contributed by atoms with Crippen molar-refractivity contribution in [3.8, 4) is 11.9 Å². The molecular formula is C23H23N5OS. The molecule has 0 unspecified atom stereocenters. The first kappa shape index (κ1) is 14.8. The van der Waals surface area contributed by atoms with E-state index in [-0.39, 0.29) is 30.1 Å². The topological polar surface area (TPSA) is 65.3 Å². The monoisotopic (exact) mass is 422 g/mol. The van der Waals surface area contributed by atoms with Crippen molar-refractivity contribution in [3.05, 3.63) is 71.8 Å². The third kappa shape index (κ3) is 5.09. The molecule has 0 amide bonds. The molecular weight excluding hydrogens is 394 g/mol. The molecule has 152 valence electrons. The molecule has 1 aliphatic rings. The van der Waals surface area contributed by atoms with Crippen LogP contribution in [0.3, 0.4) is 0 Å². The van der Waals surface area contributed by atoms with Crippen molar-refractivity contribution in [3.63, 3.8) is 0 Å². The Labute approximate surface area is 188 Å². The summed E-state index contributed by atoms with van der Waals surface area (Å²) in [6.45, 7) is 3.05. The van der Waals surface area contributed by atoms with Crippen molar-refractivity contribution in [1.82, 2.24) is 14.9 Å². The van der Waals surface area contributed by atoms with Gasteiger partial charge < -0.3 is 14.5 Å². The van der Waals surface area contributed by atoms with Gasteiger partial charge in [-0.3, -0.25) is 0 Å². The van der Waals surface area contributed by atoms with Crippen LogP contribution < -0.4 is 9.64 Å². The highest BCUT2D eigenvalue weighted by atomic mass is 32.2. The summed E-state index contributed by atoms with van der Waals surface area (Å²) in [5.41, 5.74) is 0.610. The summed E-state index contributed by atoms with van der Waals surface area (Å²) in [6, 6.07) is 7.30. The quantitative estimate of drug-likeness (QED) is 0.598. The molecule has 6 nitrogen and oxygen atoms in total. The van der Waals surface area contributed by atoms with Crippen molar-refractivity contribution in [2.75, 3.05) is 38.1 Å². The molecule has 0 aliphatic carbocycles. The summed E-state index contributed by atoms with van der Waals surface area (Å²) >= 11 is 1.36. The summed E-state index contributed by atoms with van der Waals surface area (Å²) in [5.74, 6) is 0.772. The van der Waals surface area contributed by atoms with Crippen LogP contribution in [-0.4, -0.2) is 48.1 Å². The largest absolute Gasteiger partial charge is 0.472 e. The van der Waals surface area contributed by atoms with Gasteiger partial charge in [0.15, 0.2) is 0 Å². The van der Waals surface area contributed by atoms with E-state index in [4.69, 9.17) is 16.9 Å². The summed E-state index contributed by atoms with van der Waals surface area (Å²) in [5, 5.41) is 9.04. The molecule has 1 aromatic heterocycles.